The first-order chi connectivity index (χ1) is 29.8. The van der Waals surface area contributed by atoms with Gasteiger partial charge in [-0.3, -0.25) is 24.3 Å². The van der Waals surface area contributed by atoms with Crippen LogP contribution in [0.4, 0.5) is 0 Å². The number of carbonyl (C=O) groups excluding carboxylic acids is 4. The highest BCUT2D eigenvalue weighted by molar-refractivity contribution is 5.82. The SMILES string of the molecule is CCCCCCCCC(CCCCCC)C(=O)OCCCCCCN(CCCCCCOC(=O)C(CCCCCC)CCCCCCCC)C(CC(=O)OOC)C(=O)OOC. The fourth-order valence-corrected chi connectivity index (χ4v) is 8.07. The molecule has 0 aromatic heterocycles. The highest BCUT2D eigenvalue weighted by Gasteiger charge is 2.31. The first kappa shape index (κ1) is 58.8. The Kier molecular flexibility index (Phi) is 42.7. The van der Waals surface area contributed by atoms with Gasteiger partial charge in [-0.1, -0.05) is 182 Å². The van der Waals surface area contributed by atoms with Crippen molar-refractivity contribution in [3.8, 4) is 0 Å². The summed E-state index contributed by atoms with van der Waals surface area (Å²) in [6.45, 7) is 10.9. The van der Waals surface area contributed by atoms with E-state index in [2.05, 4.69) is 32.6 Å². The number of rotatable bonds is 46. The maximum Gasteiger partial charge on any atom is 0.359 e. The highest BCUT2D eigenvalue weighted by atomic mass is 17.2. The number of unbranched alkanes of at least 4 members (excludes halogenated alkanes) is 22. The second-order valence-corrected chi connectivity index (χ2v) is 17.3. The van der Waals surface area contributed by atoms with E-state index in [1.165, 1.54) is 117 Å². The number of hydrogen-bond donors (Lipinski definition) is 0. The maximum absolute atomic E-state index is 13.1. The Hall–Kier alpha value is -2.24. The number of ether oxygens (including phenoxy) is 2. The van der Waals surface area contributed by atoms with Crippen LogP contribution in [0.15, 0.2) is 0 Å². The van der Waals surface area contributed by atoms with Crippen molar-refractivity contribution >= 4 is 23.9 Å². The molecule has 0 rings (SSSR count). The van der Waals surface area contributed by atoms with Gasteiger partial charge in [0.2, 0.25) is 0 Å². The van der Waals surface area contributed by atoms with Crippen molar-refractivity contribution in [2.45, 2.75) is 246 Å². The molecule has 0 aromatic rings. The van der Waals surface area contributed by atoms with Crippen molar-refractivity contribution in [1.82, 2.24) is 4.90 Å². The second kappa shape index (κ2) is 44.4. The molecule has 360 valence electrons. The second-order valence-electron chi connectivity index (χ2n) is 17.3. The fraction of sp³-hybridized carbons (Fsp3) is 0.920. The number of hydrogen-bond acceptors (Lipinski definition) is 11. The molecule has 0 aromatic carbocycles. The van der Waals surface area contributed by atoms with E-state index >= 15 is 0 Å². The Morgan fingerprint density at radius 2 is 0.721 bits per heavy atom. The molecule has 0 heterocycles. The van der Waals surface area contributed by atoms with Crippen LogP contribution in [-0.4, -0.2) is 75.3 Å². The summed E-state index contributed by atoms with van der Waals surface area (Å²) in [6, 6.07) is -0.897. The minimum atomic E-state index is -0.897. The Balaban J connectivity index is 5.05. The smallest absolute Gasteiger partial charge is 0.359 e. The lowest BCUT2D eigenvalue weighted by Gasteiger charge is -2.29. The normalized spacial score (nSPS) is 12.9. The zero-order valence-electron chi connectivity index (χ0n) is 40.4. The monoisotopic (exact) mass is 870 g/mol. The van der Waals surface area contributed by atoms with E-state index in [9.17, 15) is 19.2 Å². The van der Waals surface area contributed by atoms with Crippen molar-refractivity contribution in [1.29, 1.82) is 0 Å². The molecule has 11 heteroatoms. The van der Waals surface area contributed by atoms with Gasteiger partial charge in [0.15, 0.2) is 0 Å². The molecule has 0 aliphatic carbocycles. The molecular weight excluding hydrogens is 775 g/mol. The molecule has 61 heavy (non-hydrogen) atoms. The number of nitrogens with zero attached hydrogens (tertiary/aromatic N) is 1. The molecule has 0 saturated carbocycles. The molecule has 3 atom stereocenters. The van der Waals surface area contributed by atoms with Crippen LogP contribution < -0.4 is 0 Å². The molecule has 0 spiro atoms. The van der Waals surface area contributed by atoms with Gasteiger partial charge < -0.3 is 9.47 Å². The predicted octanol–water partition coefficient (Wildman–Crippen LogP) is 13.1. The van der Waals surface area contributed by atoms with Crippen molar-refractivity contribution in [3.63, 3.8) is 0 Å². The van der Waals surface area contributed by atoms with E-state index in [4.69, 9.17) is 24.1 Å². The largest absolute Gasteiger partial charge is 0.465 e. The Morgan fingerprint density at radius 1 is 0.393 bits per heavy atom. The number of carbonyl (C=O) groups is 4. The molecule has 11 nitrogen and oxygen atoms in total. The minimum Gasteiger partial charge on any atom is -0.465 e. The van der Waals surface area contributed by atoms with Gasteiger partial charge in [0.25, 0.3) is 0 Å². The van der Waals surface area contributed by atoms with Gasteiger partial charge in [-0.05, 0) is 64.5 Å². The standard InChI is InChI=1S/C50H95NO10/c1-7-11-15-19-21-29-37-44(35-27-17-13-9-3)48(53)58-41-33-25-23-31-39-51(46(50(55)61-57-6)43-47(52)60-56-5)40-32-24-26-34-42-59-49(54)45(36-28-18-14-10-4)38-30-22-20-16-12-8-2/h44-46H,7-43H2,1-6H3. The average molecular weight is 870 g/mol. The molecule has 0 amide bonds. The number of esters is 2. The Labute approximate surface area is 374 Å². The third-order valence-electron chi connectivity index (χ3n) is 11.9. The molecule has 0 aliphatic rings. The van der Waals surface area contributed by atoms with E-state index in [0.717, 1.165) is 103 Å². The molecule has 0 bridgehead atoms. The van der Waals surface area contributed by atoms with Crippen LogP contribution in [0.5, 0.6) is 0 Å². The van der Waals surface area contributed by atoms with Crippen LogP contribution in [0.3, 0.4) is 0 Å². The van der Waals surface area contributed by atoms with Gasteiger partial charge in [-0.25, -0.2) is 9.59 Å². The summed E-state index contributed by atoms with van der Waals surface area (Å²) in [4.78, 5) is 72.5. The third kappa shape index (κ3) is 34.9. The molecule has 0 N–H and O–H groups in total. The summed E-state index contributed by atoms with van der Waals surface area (Å²) in [6.07, 6.45) is 34.0. The van der Waals surface area contributed by atoms with Crippen LogP contribution in [0, 0.1) is 11.8 Å². The fourth-order valence-electron chi connectivity index (χ4n) is 8.07. The average Bonchev–Trinajstić information content (AvgIpc) is 3.25. The van der Waals surface area contributed by atoms with Crippen LogP contribution in [0.2, 0.25) is 0 Å². The van der Waals surface area contributed by atoms with E-state index in [1.54, 1.807) is 0 Å². The molecule has 0 aliphatic heterocycles. The predicted molar refractivity (Wildman–Crippen MR) is 246 cm³/mol. The molecule has 3 unspecified atom stereocenters. The summed E-state index contributed by atoms with van der Waals surface area (Å²) in [5.74, 6) is -1.42. The van der Waals surface area contributed by atoms with Gasteiger partial charge in [0, 0.05) is 0 Å². The zero-order valence-corrected chi connectivity index (χ0v) is 40.4. The summed E-state index contributed by atoms with van der Waals surface area (Å²) in [5.41, 5.74) is 0. The van der Waals surface area contributed by atoms with E-state index in [1.807, 2.05) is 4.90 Å². The minimum absolute atomic E-state index is 0.00243. The van der Waals surface area contributed by atoms with E-state index in [0.29, 0.717) is 26.3 Å². The van der Waals surface area contributed by atoms with Gasteiger partial charge in [0.1, 0.15) is 6.04 Å². The van der Waals surface area contributed by atoms with Gasteiger partial charge in [0.05, 0.1) is 45.7 Å². The molecule has 0 radical (unpaired) electrons. The van der Waals surface area contributed by atoms with Gasteiger partial charge in [-0.2, -0.15) is 9.78 Å². The highest BCUT2D eigenvalue weighted by Crippen LogP contribution is 2.23. The molecule has 0 saturated heterocycles. The summed E-state index contributed by atoms with van der Waals surface area (Å²) >= 11 is 0. The lowest BCUT2D eigenvalue weighted by molar-refractivity contribution is -0.265. The first-order valence-electron chi connectivity index (χ1n) is 25.3. The van der Waals surface area contributed by atoms with Gasteiger partial charge in [-0.15, -0.1) is 0 Å². The lowest BCUT2D eigenvalue weighted by atomic mass is 9.94. The summed E-state index contributed by atoms with van der Waals surface area (Å²) in [7, 11) is 2.51. The Bertz CT molecular complexity index is 968. The quantitative estimate of drug-likeness (QED) is 0.0251. The maximum atomic E-state index is 13.1. The topological polar surface area (TPSA) is 127 Å². The summed E-state index contributed by atoms with van der Waals surface area (Å²) < 4.78 is 11.6. The van der Waals surface area contributed by atoms with Crippen LogP contribution in [0.25, 0.3) is 0 Å². The molecule has 0 fully saturated rings. The van der Waals surface area contributed by atoms with Crippen LogP contribution >= 0.6 is 0 Å². The third-order valence-corrected chi connectivity index (χ3v) is 11.9. The lowest BCUT2D eigenvalue weighted by Crippen LogP contribution is -2.45. The van der Waals surface area contributed by atoms with Crippen molar-refractivity contribution < 1.29 is 48.2 Å². The van der Waals surface area contributed by atoms with Crippen LogP contribution in [-0.2, 0) is 48.2 Å². The summed E-state index contributed by atoms with van der Waals surface area (Å²) in [5, 5.41) is 0. The first-order valence-corrected chi connectivity index (χ1v) is 25.3. The van der Waals surface area contributed by atoms with Crippen molar-refractivity contribution in [2.24, 2.45) is 11.8 Å². The van der Waals surface area contributed by atoms with Crippen molar-refractivity contribution in [2.75, 3.05) is 40.5 Å². The molecular formula is C50H95NO10. The Morgan fingerprint density at radius 3 is 1.10 bits per heavy atom. The zero-order chi connectivity index (χ0) is 45.0. The van der Waals surface area contributed by atoms with E-state index in [-0.39, 0.29) is 30.2 Å². The van der Waals surface area contributed by atoms with Crippen molar-refractivity contribution in [3.05, 3.63) is 0 Å². The van der Waals surface area contributed by atoms with E-state index < -0.39 is 18.0 Å². The van der Waals surface area contributed by atoms with Gasteiger partial charge >= 0.3 is 23.9 Å². The van der Waals surface area contributed by atoms with Crippen LogP contribution in [0.1, 0.15) is 240 Å².